The molecule has 2 aromatic rings. The quantitative estimate of drug-likeness (QED) is 0.559. The highest BCUT2D eigenvalue weighted by Gasteiger charge is 2.36. The molecule has 6 nitrogen and oxygen atoms in total. The fourth-order valence-corrected chi connectivity index (χ4v) is 4.89. The average molecular weight is 475 g/mol. The molecule has 1 saturated carbocycles. The molecule has 182 valence electrons. The Labute approximate surface area is 196 Å². The van der Waals surface area contributed by atoms with E-state index >= 15 is 0 Å². The van der Waals surface area contributed by atoms with Crippen LogP contribution in [0.4, 0.5) is 18.9 Å². The van der Waals surface area contributed by atoms with Crippen molar-refractivity contribution in [1.82, 2.24) is 15.5 Å². The van der Waals surface area contributed by atoms with Crippen molar-refractivity contribution in [2.45, 2.75) is 49.9 Å². The number of carbonyl (C=O) groups excluding carboxylic acids is 2. The normalized spacial score (nSPS) is 21.5. The highest BCUT2D eigenvalue weighted by Crippen LogP contribution is 2.36. The summed E-state index contributed by atoms with van der Waals surface area (Å²) in [5.41, 5.74) is 5.04. The maximum atomic E-state index is 13.0. The number of nitrogens with zero attached hydrogens (tertiary/aromatic N) is 1. The first-order chi connectivity index (χ1) is 16.2. The van der Waals surface area contributed by atoms with E-state index in [1.807, 2.05) is 6.07 Å². The summed E-state index contributed by atoms with van der Waals surface area (Å²) in [7, 11) is 0. The van der Waals surface area contributed by atoms with E-state index in [1.165, 1.54) is 11.6 Å². The van der Waals surface area contributed by atoms with Crippen molar-refractivity contribution in [2.24, 2.45) is 0 Å². The van der Waals surface area contributed by atoms with Gasteiger partial charge in [-0.25, -0.2) is 0 Å². The molecule has 2 aliphatic rings. The van der Waals surface area contributed by atoms with Gasteiger partial charge in [-0.3, -0.25) is 14.5 Å². The van der Waals surface area contributed by atoms with Gasteiger partial charge in [0.15, 0.2) is 0 Å². The maximum absolute atomic E-state index is 13.0. The van der Waals surface area contributed by atoms with Crippen LogP contribution in [-0.2, 0) is 11.0 Å². The fraction of sp³-hybridized carbons (Fsp3) is 0.440. The molecule has 1 aliphatic carbocycles. The minimum atomic E-state index is -4.66. The van der Waals surface area contributed by atoms with Crippen molar-refractivity contribution < 1.29 is 22.8 Å². The molecular formula is C25H29F3N4O2. The summed E-state index contributed by atoms with van der Waals surface area (Å²) in [5.74, 6) is -0.505. The molecule has 34 heavy (non-hydrogen) atoms. The third-order valence-electron chi connectivity index (χ3n) is 6.79. The zero-order chi connectivity index (χ0) is 24.3. The highest BCUT2D eigenvalue weighted by molar-refractivity contribution is 5.97. The standard InChI is InChI=1S/C25H29F3N4O2/c26-25(27,28)21-12-18(8-11-22(21)29)24(34)30-13-23(33)31-19-14-32(15-19)20-9-6-17(7-10-20)16-4-2-1-3-5-16/h1-5,8,11-12,17,19-20H,6-7,9-10,13-15,29H2,(H,30,34)(H,31,33). The molecule has 2 aromatic carbocycles. The number of halogens is 3. The monoisotopic (exact) mass is 474 g/mol. The Bertz CT molecular complexity index is 1010. The van der Waals surface area contributed by atoms with Crippen molar-refractivity contribution >= 4 is 17.5 Å². The van der Waals surface area contributed by atoms with Crippen LogP contribution >= 0.6 is 0 Å². The molecule has 4 N–H and O–H groups in total. The Morgan fingerprint density at radius 1 is 1.00 bits per heavy atom. The SMILES string of the molecule is Nc1ccc(C(=O)NCC(=O)NC2CN(C3CCC(c4ccccc4)CC3)C2)cc1C(F)(F)F. The summed E-state index contributed by atoms with van der Waals surface area (Å²) >= 11 is 0. The minimum Gasteiger partial charge on any atom is -0.398 e. The summed E-state index contributed by atoms with van der Waals surface area (Å²) in [6, 6.07) is 14.1. The number of benzene rings is 2. The Morgan fingerprint density at radius 2 is 1.68 bits per heavy atom. The third kappa shape index (κ3) is 5.70. The van der Waals surface area contributed by atoms with Gasteiger partial charge in [0.05, 0.1) is 18.2 Å². The second-order valence-corrected chi connectivity index (χ2v) is 9.12. The van der Waals surface area contributed by atoms with Crippen LogP contribution in [0, 0.1) is 0 Å². The lowest BCUT2D eigenvalue weighted by molar-refractivity contribution is -0.137. The van der Waals surface area contributed by atoms with E-state index in [0.717, 1.165) is 44.8 Å². The highest BCUT2D eigenvalue weighted by atomic mass is 19.4. The minimum absolute atomic E-state index is 0.0182. The van der Waals surface area contributed by atoms with Crippen molar-refractivity contribution in [1.29, 1.82) is 0 Å². The lowest BCUT2D eigenvalue weighted by Gasteiger charge is -2.46. The molecule has 1 heterocycles. The van der Waals surface area contributed by atoms with Gasteiger partial charge in [-0.2, -0.15) is 13.2 Å². The van der Waals surface area contributed by atoms with Crippen LogP contribution in [0.1, 0.15) is 53.1 Å². The molecule has 0 bridgehead atoms. The molecule has 1 aliphatic heterocycles. The van der Waals surface area contributed by atoms with Gasteiger partial charge in [0, 0.05) is 30.4 Å². The number of amides is 2. The number of rotatable bonds is 6. The molecule has 0 unspecified atom stereocenters. The smallest absolute Gasteiger partial charge is 0.398 e. The molecule has 1 saturated heterocycles. The number of likely N-dealkylation sites (tertiary alicyclic amines) is 1. The van der Waals surface area contributed by atoms with E-state index < -0.39 is 23.3 Å². The second kappa shape index (κ2) is 10.0. The molecule has 0 radical (unpaired) electrons. The number of hydrogen-bond donors (Lipinski definition) is 3. The molecule has 2 amide bonds. The van der Waals surface area contributed by atoms with E-state index in [2.05, 4.69) is 39.8 Å². The van der Waals surface area contributed by atoms with E-state index in [0.29, 0.717) is 18.0 Å². The van der Waals surface area contributed by atoms with Gasteiger partial charge in [0.25, 0.3) is 5.91 Å². The molecule has 2 fully saturated rings. The van der Waals surface area contributed by atoms with Crippen LogP contribution in [-0.4, -0.2) is 48.4 Å². The summed E-state index contributed by atoms with van der Waals surface area (Å²) < 4.78 is 38.9. The Hall–Kier alpha value is -3.07. The molecule has 4 rings (SSSR count). The van der Waals surface area contributed by atoms with Gasteiger partial charge in [0.2, 0.25) is 5.91 Å². The van der Waals surface area contributed by atoms with Crippen molar-refractivity contribution in [3.63, 3.8) is 0 Å². The van der Waals surface area contributed by atoms with E-state index in [4.69, 9.17) is 5.73 Å². The number of nitrogens with two attached hydrogens (primary N) is 1. The maximum Gasteiger partial charge on any atom is 0.418 e. The van der Waals surface area contributed by atoms with E-state index in [9.17, 15) is 22.8 Å². The molecule has 0 atom stereocenters. The number of anilines is 1. The number of carbonyl (C=O) groups is 2. The van der Waals surface area contributed by atoms with Gasteiger partial charge in [0.1, 0.15) is 0 Å². The van der Waals surface area contributed by atoms with Crippen LogP contribution < -0.4 is 16.4 Å². The Balaban J connectivity index is 1.17. The topological polar surface area (TPSA) is 87.5 Å². The molecular weight excluding hydrogens is 445 g/mol. The first-order valence-corrected chi connectivity index (χ1v) is 11.5. The fourth-order valence-electron chi connectivity index (χ4n) is 4.89. The molecule has 0 spiro atoms. The van der Waals surface area contributed by atoms with Crippen LogP contribution in [0.25, 0.3) is 0 Å². The summed E-state index contributed by atoms with van der Waals surface area (Å²) in [6.07, 6.45) is -0.0605. The Kier molecular flexibility index (Phi) is 7.11. The predicted molar refractivity (Wildman–Crippen MR) is 123 cm³/mol. The predicted octanol–water partition coefficient (Wildman–Crippen LogP) is 3.54. The third-order valence-corrected chi connectivity index (χ3v) is 6.79. The molecule has 9 heteroatoms. The largest absolute Gasteiger partial charge is 0.418 e. The summed E-state index contributed by atoms with van der Waals surface area (Å²) in [4.78, 5) is 26.8. The van der Waals surface area contributed by atoms with Crippen LogP contribution in [0.3, 0.4) is 0 Å². The van der Waals surface area contributed by atoms with E-state index in [1.54, 1.807) is 0 Å². The number of nitrogen functional groups attached to an aromatic ring is 1. The number of hydrogen-bond acceptors (Lipinski definition) is 4. The van der Waals surface area contributed by atoms with Crippen LogP contribution in [0.5, 0.6) is 0 Å². The Morgan fingerprint density at radius 3 is 2.32 bits per heavy atom. The first kappa shape index (κ1) is 24.1. The zero-order valence-electron chi connectivity index (χ0n) is 18.8. The first-order valence-electron chi connectivity index (χ1n) is 11.5. The molecule has 0 aromatic heterocycles. The van der Waals surface area contributed by atoms with Crippen molar-refractivity contribution in [3.05, 3.63) is 65.2 Å². The van der Waals surface area contributed by atoms with E-state index in [-0.39, 0.29) is 24.1 Å². The van der Waals surface area contributed by atoms with Crippen molar-refractivity contribution in [3.8, 4) is 0 Å². The second-order valence-electron chi connectivity index (χ2n) is 9.12. The van der Waals surface area contributed by atoms with Gasteiger partial charge < -0.3 is 16.4 Å². The van der Waals surface area contributed by atoms with Gasteiger partial charge >= 0.3 is 6.18 Å². The summed E-state index contributed by atoms with van der Waals surface area (Å²) in [6.45, 7) is 1.24. The van der Waals surface area contributed by atoms with Gasteiger partial charge in [-0.15, -0.1) is 0 Å². The van der Waals surface area contributed by atoms with Gasteiger partial charge in [-0.1, -0.05) is 30.3 Å². The van der Waals surface area contributed by atoms with Crippen LogP contribution in [0.15, 0.2) is 48.5 Å². The average Bonchev–Trinajstić information content (AvgIpc) is 2.80. The lowest BCUT2D eigenvalue weighted by atomic mass is 9.80. The lowest BCUT2D eigenvalue weighted by Crippen LogP contribution is -2.63. The van der Waals surface area contributed by atoms with Crippen LogP contribution in [0.2, 0.25) is 0 Å². The van der Waals surface area contributed by atoms with Crippen molar-refractivity contribution in [2.75, 3.05) is 25.4 Å². The zero-order valence-corrected chi connectivity index (χ0v) is 18.8. The number of nitrogens with one attached hydrogen (secondary N) is 2. The van der Waals surface area contributed by atoms with Gasteiger partial charge in [-0.05, 0) is 55.4 Å². The number of alkyl halides is 3. The summed E-state index contributed by atoms with van der Waals surface area (Å²) in [5, 5.41) is 5.25.